The second-order valence-electron chi connectivity index (χ2n) is 8.05. The fourth-order valence-corrected chi connectivity index (χ4v) is 3.92. The van der Waals surface area contributed by atoms with Gasteiger partial charge in [0.2, 0.25) is 0 Å². The number of aliphatic hydroxyl groups excluding tert-OH is 1. The summed E-state index contributed by atoms with van der Waals surface area (Å²) in [6, 6.07) is 0.688. The van der Waals surface area contributed by atoms with Gasteiger partial charge in [0, 0.05) is 25.2 Å². The van der Waals surface area contributed by atoms with Crippen molar-refractivity contribution in [3.63, 3.8) is 0 Å². The number of carbonyl (C=O) groups is 1. The van der Waals surface area contributed by atoms with E-state index < -0.39 is 5.60 Å². The molecule has 2 aliphatic rings. The van der Waals surface area contributed by atoms with Gasteiger partial charge < -0.3 is 20.1 Å². The quantitative estimate of drug-likeness (QED) is 0.815. The lowest BCUT2D eigenvalue weighted by Gasteiger charge is -2.34. The normalized spacial score (nSPS) is 29.8. The summed E-state index contributed by atoms with van der Waals surface area (Å²) in [5, 5.41) is 13.3. The summed E-state index contributed by atoms with van der Waals surface area (Å²) in [6.45, 7) is 9.21. The van der Waals surface area contributed by atoms with E-state index in [2.05, 4.69) is 5.32 Å². The van der Waals surface area contributed by atoms with Crippen molar-refractivity contribution < 1.29 is 14.6 Å². The molecule has 1 amide bonds. The van der Waals surface area contributed by atoms with Crippen molar-refractivity contribution in [1.82, 2.24) is 10.2 Å². The highest BCUT2D eigenvalue weighted by Gasteiger charge is 2.41. The summed E-state index contributed by atoms with van der Waals surface area (Å²) < 4.78 is 5.59. The van der Waals surface area contributed by atoms with E-state index in [0.717, 1.165) is 38.6 Å². The fraction of sp³-hybridized carbons (Fsp3) is 0.944. The summed E-state index contributed by atoms with van der Waals surface area (Å²) in [5.74, 6) is 0.481. The van der Waals surface area contributed by atoms with Crippen LogP contribution in [0.25, 0.3) is 0 Å². The molecule has 2 N–H and O–H groups in total. The van der Waals surface area contributed by atoms with Crippen molar-refractivity contribution in [1.29, 1.82) is 0 Å². The van der Waals surface area contributed by atoms with Crippen LogP contribution in [-0.4, -0.2) is 53.0 Å². The number of rotatable bonds is 5. The Balaban J connectivity index is 1.96. The van der Waals surface area contributed by atoms with Crippen LogP contribution in [0.4, 0.5) is 4.79 Å². The molecule has 5 nitrogen and oxygen atoms in total. The van der Waals surface area contributed by atoms with E-state index in [1.807, 2.05) is 32.6 Å². The van der Waals surface area contributed by atoms with E-state index >= 15 is 0 Å². The predicted molar refractivity (Wildman–Crippen MR) is 91.4 cm³/mol. The van der Waals surface area contributed by atoms with Gasteiger partial charge in [0.15, 0.2) is 0 Å². The molecule has 2 rings (SSSR count). The lowest BCUT2D eigenvalue weighted by Crippen LogP contribution is -2.48. The van der Waals surface area contributed by atoms with Crippen LogP contribution in [0.1, 0.15) is 66.2 Å². The van der Waals surface area contributed by atoms with Crippen LogP contribution in [0, 0.1) is 5.92 Å². The highest BCUT2D eigenvalue weighted by atomic mass is 16.6. The third kappa shape index (κ3) is 5.08. The van der Waals surface area contributed by atoms with Gasteiger partial charge in [-0.3, -0.25) is 0 Å². The molecule has 23 heavy (non-hydrogen) atoms. The summed E-state index contributed by atoms with van der Waals surface area (Å²) in [4.78, 5) is 14.4. The number of hydrogen-bond donors (Lipinski definition) is 2. The smallest absolute Gasteiger partial charge is 0.410 e. The van der Waals surface area contributed by atoms with E-state index in [1.54, 1.807) is 0 Å². The van der Waals surface area contributed by atoms with E-state index in [4.69, 9.17) is 4.74 Å². The first kappa shape index (κ1) is 18.5. The third-order valence-corrected chi connectivity index (χ3v) is 5.08. The molecular formula is C18H34N2O3. The highest BCUT2D eigenvalue weighted by Crippen LogP contribution is 2.36. The van der Waals surface area contributed by atoms with Gasteiger partial charge in [-0.1, -0.05) is 13.3 Å². The highest BCUT2D eigenvalue weighted by molar-refractivity contribution is 5.69. The van der Waals surface area contributed by atoms with E-state index in [9.17, 15) is 9.90 Å². The maximum Gasteiger partial charge on any atom is 0.410 e. The molecule has 0 aromatic heterocycles. The van der Waals surface area contributed by atoms with Crippen LogP contribution in [0.3, 0.4) is 0 Å². The van der Waals surface area contributed by atoms with Gasteiger partial charge in [-0.25, -0.2) is 4.79 Å². The molecule has 0 bridgehead atoms. The molecule has 0 radical (unpaired) electrons. The molecule has 0 aromatic carbocycles. The molecule has 134 valence electrons. The Kier molecular flexibility index (Phi) is 6.32. The number of likely N-dealkylation sites (tertiary alicyclic amines) is 1. The molecule has 4 atom stereocenters. The molecule has 1 saturated heterocycles. The molecule has 0 aromatic rings. The van der Waals surface area contributed by atoms with Gasteiger partial charge in [0.25, 0.3) is 0 Å². The van der Waals surface area contributed by atoms with Crippen LogP contribution < -0.4 is 5.32 Å². The van der Waals surface area contributed by atoms with Gasteiger partial charge in [0.05, 0.1) is 6.10 Å². The average Bonchev–Trinajstić information content (AvgIpc) is 3.10. The Bertz CT molecular complexity index is 394. The van der Waals surface area contributed by atoms with Gasteiger partial charge in [-0.05, 0) is 58.8 Å². The molecule has 2 fully saturated rings. The molecular weight excluding hydrogens is 292 g/mol. The summed E-state index contributed by atoms with van der Waals surface area (Å²) in [7, 11) is 0. The maximum absolute atomic E-state index is 12.5. The van der Waals surface area contributed by atoms with Gasteiger partial charge in [0.1, 0.15) is 5.60 Å². The zero-order chi connectivity index (χ0) is 17.0. The molecule has 0 spiro atoms. The van der Waals surface area contributed by atoms with Crippen molar-refractivity contribution in [3.8, 4) is 0 Å². The van der Waals surface area contributed by atoms with Gasteiger partial charge >= 0.3 is 6.09 Å². The number of ether oxygens (including phenoxy) is 1. The number of amides is 1. The van der Waals surface area contributed by atoms with E-state index in [-0.39, 0.29) is 18.2 Å². The van der Waals surface area contributed by atoms with Crippen LogP contribution in [0.2, 0.25) is 0 Å². The summed E-state index contributed by atoms with van der Waals surface area (Å²) >= 11 is 0. The fourth-order valence-electron chi connectivity index (χ4n) is 3.92. The van der Waals surface area contributed by atoms with Crippen molar-refractivity contribution in [3.05, 3.63) is 0 Å². The second kappa shape index (κ2) is 7.84. The largest absolute Gasteiger partial charge is 0.444 e. The lowest BCUT2D eigenvalue weighted by molar-refractivity contribution is 0.0164. The minimum absolute atomic E-state index is 0.167. The van der Waals surface area contributed by atoms with Crippen molar-refractivity contribution in [2.45, 2.75) is 90.0 Å². The third-order valence-electron chi connectivity index (χ3n) is 5.08. The Hall–Kier alpha value is -0.810. The Morgan fingerprint density at radius 2 is 2.04 bits per heavy atom. The number of aliphatic hydroxyl groups is 1. The molecule has 1 aliphatic heterocycles. The van der Waals surface area contributed by atoms with Crippen LogP contribution in [-0.2, 0) is 4.74 Å². The Morgan fingerprint density at radius 1 is 1.30 bits per heavy atom. The van der Waals surface area contributed by atoms with Crippen molar-refractivity contribution in [2.24, 2.45) is 5.92 Å². The minimum Gasteiger partial charge on any atom is -0.444 e. The van der Waals surface area contributed by atoms with Crippen LogP contribution in [0.5, 0.6) is 0 Å². The predicted octanol–water partition coefficient (Wildman–Crippen LogP) is 2.92. The topological polar surface area (TPSA) is 61.8 Å². The zero-order valence-electron chi connectivity index (χ0n) is 15.2. The van der Waals surface area contributed by atoms with Gasteiger partial charge in [-0.15, -0.1) is 0 Å². The number of hydrogen-bond acceptors (Lipinski definition) is 4. The first-order valence-electron chi connectivity index (χ1n) is 9.23. The number of nitrogens with one attached hydrogen (secondary N) is 1. The maximum atomic E-state index is 12.5. The average molecular weight is 326 g/mol. The first-order valence-corrected chi connectivity index (χ1v) is 9.23. The van der Waals surface area contributed by atoms with Gasteiger partial charge in [-0.2, -0.15) is 0 Å². The Morgan fingerprint density at radius 3 is 2.70 bits per heavy atom. The standard InChI is InChI=1S/C18H34N2O3/c1-5-13(21)12-19-15-9-6-8-14(15)16-10-7-11-20(16)17(22)23-18(2,3)4/h13-16,19,21H,5-12H2,1-4H3. The second-order valence-corrected chi connectivity index (χ2v) is 8.05. The van der Waals surface area contributed by atoms with Crippen LogP contribution in [0.15, 0.2) is 0 Å². The SMILES string of the molecule is CCC(O)CNC1CCCC1C1CCCN1C(=O)OC(C)(C)C. The first-order chi connectivity index (χ1) is 10.8. The number of carbonyl (C=O) groups excluding carboxylic acids is 1. The van der Waals surface area contributed by atoms with Crippen molar-refractivity contribution >= 4 is 6.09 Å². The summed E-state index contributed by atoms with van der Waals surface area (Å²) in [5.41, 5.74) is -0.442. The minimum atomic E-state index is -0.442. The van der Waals surface area contributed by atoms with Crippen molar-refractivity contribution in [2.75, 3.05) is 13.1 Å². The summed E-state index contributed by atoms with van der Waals surface area (Å²) in [6.07, 6.45) is 5.95. The lowest BCUT2D eigenvalue weighted by atomic mass is 9.92. The Labute approximate surface area is 140 Å². The molecule has 4 unspecified atom stereocenters. The molecule has 1 aliphatic carbocycles. The van der Waals surface area contributed by atoms with E-state index in [0.29, 0.717) is 18.5 Å². The van der Waals surface area contributed by atoms with Crippen LogP contribution >= 0.6 is 0 Å². The zero-order valence-corrected chi connectivity index (χ0v) is 15.2. The molecule has 5 heteroatoms. The number of nitrogens with zero attached hydrogens (tertiary/aromatic N) is 1. The molecule has 1 saturated carbocycles. The van der Waals surface area contributed by atoms with E-state index in [1.165, 1.54) is 6.42 Å². The monoisotopic (exact) mass is 326 g/mol. The molecule has 1 heterocycles.